The van der Waals surface area contributed by atoms with Gasteiger partial charge in [0.1, 0.15) is 5.82 Å². The van der Waals surface area contributed by atoms with Crippen molar-refractivity contribution >= 4 is 29.2 Å². The van der Waals surface area contributed by atoms with Crippen LogP contribution in [-0.2, 0) is 16.8 Å². The molecule has 35 heavy (non-hydrogen) atoms. The van der Waals surface area contributed by atoms with Crippen LogP contribution in [0.25, 0.3) is 0 Å². The Hall–Kier alpha value is -3.59. The van der Waals surface area contributed by atoms with E-state index in [1.807, 2.05) is 17.5 Å². The molecule has 4 heterocycles. The molecule has 7 nitrogen and oxygen atoms in total. The monoisotopic (exact) mass is 492 g/mol. The summed E-state index contributed by atoms with van der Waals surface area (Å²) in [4.78, 5) is 48.2. The highest BCUT2D eigenvalue weighted by molar-refractivity contribution is 7.09. The van der Waals surface area contributed by atoms with Gasteiger partial charge in [0.15, 0.2) is 5.54 Å². The van der Waals surface area contributed by atoms with Gasteiger partial charge in [0, 0.05) is 36.6 Å². The molecule has 2 aromatic heterocycles. The van der Waals surface area contributed by atoms with E-state index in [1.165, 1.54) is 17.0 Å². The molecular weight excluding hydrogens is 467 g/mol. The van der Waals surface area contributed by atoms with Crippen molar-refractivity contribution in [3.8, 4) is 0 Å². The minimum Gasteiger partial charge on any atom is -0.339 e. The van der Waals surface area contributed by atoms with Gasteiger partial charge in [0.05, 0.1) is 11.3 Å². The van der Waals surface area contributed by atoms with Gasteiger partial charge < -0.3 is 10.2 Å². The Morgan fingerprint density at radius 1 is 1.09 bits per heavy atom. The van der Waals surface area contributed by atoms with Gasteiger partial charge in [-0.25, -0.2) is 9.18 Å². The van der Waals surface area contributed by atoms with Crippen molar-refractivity contribution in [1.29, 1.82) is 0 Å². The van der Waals surface area contributed by atoms with E-state index in [9.17, 15) is 18.8 Å². The van der Waals surface area contributed by atoms with Crippen molar-refractivity contribution in [3.63, 3.8) is 0 Å². The molecule has 0 bridgehead atoms. The van der Waals surface area contributed by atoms with Gasteiger partial charge in [-0.15, -0.1) is 11.3 Å². The third-order valence-corrected chi connectivity index (χ3v) is 7.80. The molecule has 0 radical (unpaired) electrons. The Kier molecular flexibility index (Phi) is 6.34. The number of carbonyl (C=O) groups is 3. The maximum absolute atomic E-state index is 14.2. The molecule has 1 unspecified atom stereocenters. The Morgan fingerprint density at radius 3 is 2.54 bits per heavy atom. The first kappa shape index (κ1) is 23.2. The predicted octanol–water partition coefficient (Wildman–Crippen LogP) is 3.82. The Morgan fingerprint density at radius 2 is 1.86 bits per heavy atom. The SMILES string of the molecule is O=C(c1ccccc1F)N1CCC(C2(c3ccccn3)NC(=O)N(CCc3cccs3)C2=O)CC1. The second kappa shape index (κ2) is 9.58. The number of thiophene rings is 1. The third kappa shape index (κ3) is 4.20. The minimum absolute atomic E-state index is 0.0374. The summed E-state index contributed by atoms with van der Waals surface area (Å²) in [5, 5.41) is 4.95. The number of halogens is 1. The van der Waals surface area contributed by atoms with Crippen LogP contribution in [-0.4, -0.2) is 52.3 Å². The van der Waals surface area contributed by atoms with Crippen molar-refractivity contribution < 1.29 is 18.8 Å². The molecule has 180 valence electrons. The molecule has 2 aliphatic heterocycles. The van der Waals surface area contributed by atoms with Crippen LogP contribution in [0.4, 0.5) is 9.18 Å². The predicted molar refractivity (Wildman–Crippen MR) is 129 cm³/mol. The van der Waals surface area contributed by atoms with Crippen LogP contribution in [0.15, 0.2) is 66.2 Å². The summed E-state index contributed by atoms with van der Waals surface area (Å²) in [6.45, 7) is 0.986. The topological polar surface area (TPSA) is 82.6 Å². The number of urea groups is 1. The molecule has 9 heteroatoms. The van der Waals surface area contributed by atoms with Gasteiger partial charge >= 0.3 is 6.03 Å². The molecule has 1 N–H and O–H groups in total. The Labute approximate surface area is 206 Å². The molecular formula is C26H25FN4O3S. The van der Waals surface area contributed by atoms with Crippen LogP contribution in [0.2, 0.25) is 0 Å². The number of amides is 4. The number of hydrogen-bond donors (Lipinski definition) is 1. The van der Waals surface area contributed by atoms with Gasteiger partial charge in [-0.05, 0) is 55.0 Å². The van der Waals surface area contributed by atoms with Gasteiger partial charge in [0.25, 0.3) is 11.8 Å². The number of rotatable bonds is 6. The van der Waals surface area contributed by atoms with Gasteiger partial charge in [-0.1, -0.05) is 24.3 Å². The summed E-state index contributed by atoms with van der Waals surface area (Å²) < 4.78 is 14.2. The molecule has 0 aliphatic carbocycles. The van der Waals surface area contributed by atoms with Crippen LogP contribution in [0.3, 0.4) is 0 Å². The second-order valence-corrected chi connectivity index (χ2v) is 9.82. The van der Waals surface area contributed by atoms with Crippen molar-refractivity contribution in [2.24, 2.45) is 5.92 Å². The number of benzene rings is 1. The largest absolute Gasteiger partial charge is 0.339 e. The molecule has 1 atom stereocenters. The van der Waals surface area contributed by atoms with Gasteiger partial charge in [0.2, 0.25) is 0 Å². The summed E-state index contributed by atoms with van der Waals surface area (Å²) >= 11 is 1.59. The number of hydrogen-bond acceptors (Lipinski definition) is 5. The number of carbonyl (C=O) groups excluding carboxylic acids is 3. The second-order valence-electron chi connectivity index (χ2n) is 8.79. The van der Waals surface area contributed by atoms with Crippen LogP contribution in [0.1, 0.15) is 33.8 Å². The first-order valence-electron chi connectivity index (χ1n) is 11.6. The average molecular weight is 493 g/mol. The number of imide groups is 1. The van der Waals surface area contributed by atoms with Gasteiger partial charge in [-0.2, -0.15) is 0 Å². The first-order valence-corrected chi connectivity index (χ1v) is 12.5. The average Bonchev–Trinajstić information content (AvgIpc) is 3.50. The summed E-state index contributed by atoms with van der Waals surface area (Å²) in [7, 11) is 0. The lowest BCUT2D eigenvalue weighted by Gasteiger charge is -2.40. The van der Waals surface area contributed by atoms with Crippen LogP contribution in [0, 0.1) is 11.7 Å². The zero-order valence-electron chi connectivity index (χ0n) is 19.0. The van der Waals surface area contributed by atoms with Crippen molar-refractivity contribution in [3.05, 3.63) is 88.1 Å². The van der Waals surface area contributed by atoms with Crippen molar-refractivity contribution in [2.45, 2.75) is 24.8 Å². The fourth-order valence-electron chi connectivity index (χ4n) is 5.05. The highest BCUT2D eigenvalue weighted by Gasteiger charge is 2.58. The van der Waals surface area contributed by atoms with Crippen LogP contribution < -0.4 is 5.32 Å². The smallest absolute Gasteiger partial charge is 0.325 e. The van der Waals surface area contributed by atoms with Crippen LogP contribution in [0.5, 0.6) is 0 Å². The van der Waals surface area contributed by atoms with E-state index in [1.54, 1.807) is 52.8 Å². The molecule has 3 aromatic rings. The summed E-state index contributed by atoms with van der Waals surface area (Å²) in [5.74, 6) is -1.49. The maximum Gasteiger partial charge on any atom is 0.325 e. The highest BCUT2D eigenvalue weighted by Crippen LogP contribution is 2.41. The lowest BCUT2D eigenvalue weighted by atomic mass is 9.75. The molecule has 2 saturated heterocycles. The molecule has 4 amide bonds. The summed E-state index contributed by atoms with van der Waals surface area (Å²) in [6, 6.07) is 14.8. The quantitative estimate of drug-likeness (QED) is 0.531. The first-order chi connectivity index (χ1) is 17.0. The Balaban J connectivity index is 1.38. The summed E-state index contributed by atoms with van der Waals surface area (Å²) in [6.07, 6.45) is 3.15. The van der Waals surface area contributed by atoms with Crippen LogP contribution >= 0.6 is 11.3 Å². The van der Waals surface area contributed by atoms with Gasteiger partial charge in [-0.3, -0.25) is 19.5 Å². The van der Waals surface area contributed by atoms with Crippen molar-refractivity contribution in [2.75, 3.05) is 19.6 Å². The number of nitrogens with zero attached hydrogens (tertiary/aromatic N) is 3. The molecule has 2 aliphatic rings. The van der Waals surface area contributed by atoms with E-state index >= 15 is 0 Å². The molecule has 2 fully saturated rings. The number of piperidine rings is 1. The Bertz CT molecular complexity index is 1230. The normalized spacial score (nSPS) is 20.8. The number of pyridine rings is 1. The summed E-state index contributed by atoms with van der Waals surface area (Å²) in [5.41, 5.74) is -0.757. The standard InChI is InChI=1S/C26H25FN4O3S/c27-21-8-2-1-7-20(21)23(32)30-14-10-18(11-15-30)26(22-9-3-4-13-28-22)24(33)31(25(34)29-26)16-12-19-6-5-17-35-19/h1-9,13,17-18H,10-12,14-16H2,(H,29,34). The highest BCUT2D eigenvalue weighted by atomic mass is 32.1. The lowest BCUT2D eigenvalue weighted by molar-refractivity contribution is -0.134. The molecule has 0 saturated carbocycles. The third-order valence-electron chi connectivity index (χ3n) is 6.86. The maximum atomic E-state index is 14.2. The molecule has 0 spiro atoms. The van der Waals surface area contributed by atoms with Crippen molar-refractivity contribution in [1.82, 2.24) is 20.1 Å². The van der Waals surface area contributed by atoms with E-state index in [2.05, 4.69) is 10.3 Å². The van der Waals surface area contributed by atoms with E-state index in [0.717, 1.165) is 4.88 Å². The number of aromatic nitrogens is 1. The zero-order valence-corrected chi connectivity index (χ0v) is 19.8. The molecule has 1 aromatic carbocycles. The fraction of sp³-hybridized carbons (Fsp3) is 0.308. The zero-order chi connectivity index (χ0) is 24.4. The minimum atomic E-state index is -1.29. The number of likely N-dealkylation sites (tertiary alicyclic amines) is 1. The van der Waals surface area contributed by atoms with E-state index in [-0.39, 0.29) is 29.8 Å². The molecule has 5 rings (SSSR count). The lowest BCUT2D eigenvalue weighted by Crippen LogP contribution is -2.54. The van der Waals surface area contributed by atoms with E-state index in [0.29, 0.717) is 38.0 Å². The fourth-order valence-corrected chi connectivity index (χ4v) is 5.75. The van der Waals surface area contributed by atoms with E-state index in [4.69, 9.17) is 0 Å². The number of nitrogens with one attached hydrogen (secondary N) is 1. The van der Waals surface area contributed by atoms with E-state index < -0.39 is 17.4 Å².